The van der Waals surface area contributed by atoms with Crippen molar-refractivity contribution in [2.45, 2.75) is 62.9 Å². The third-order valence-electron chi connectivity index (χ3n) is 10.2. The van der Waals surface area contributed by atoms with Gasteiger partial charge in [0.15, 0.2) is 5.65 Å². The fourth-order valence-electron chi connectivity index (χ4n) is 7.43. The number of pyridine rings is 1. The first-order valence-corrected chi connectivity index (χ1v) is 16.8. The number of anilines is 1. The maximum absolute atomic E-state index is 13.7. The molecule has 1 N–H and O–H groups in total. The summed E-state index contributed by atoms with van der Waals surface area (Å²) in [5.74, 6) is 0.746. The molecule has 1 saturated carbocycles. The smallest absolute Gasteiger partial charge is 0.257 e. The van der Waals surface area contributed by atoms with E-state index in [0.29, 0.717) is 49.6 Å². The van der Waals surface area contributed by atoms with Gasteiger partial charge in [-0.1, -0.05) is 30.3 Å². The van der Waals surface area contributed by atoms with Gasteiger partial charge in [0.2, 0.25) is 5.91 Å². The molecule has 2 aliphatic heterocycles. The maximum atomic E-state index is 13.7. The quantitative estimate of drug-likeness (QED) is 0.252. The van der Waals surface area contributed by atoms with Crippen LogP contribution in [0.1, 0.15) is 54.1 Å². The zero-order valence-electron chi connectivity index (χ0n) is 27.3. The fourth-order valence-corrected chi connectivity index (χ4v) is 7.43. The Bertz CT molecular complexity index is 1960. The molecule has 12 nitrogen and oxygen atoms in total. The molecule has 2 saturated heterocycles. The lowest BCUT2D eigenvalue weighted by Crippen LogP contribution is -2.51. The number of benzene rings is 1. The largest absolute Gasteiger partial charge is 0.381 e. The molecule has 3 aliphatic rings. The minimum Gasteiger partial charge on any atom is -0.381 e. The predicted molar refractivity (Wildman–Crippen MR) is 181 cm³/mol. The molecule has 6 heterocycles. The average molecular weight is 649 g/mol. The Labute approximate surface area is 278 Å². The first kappa shape index (κ1) is 30.5. The van der Waals surface area contributed by atoms with E-state index in [2.05, 4.69) is 38.2 Å². The second kappa shape index (κ2) is 12.7. The zero-order chi connectivity index (χ0) is 32.8. The van der Waals surface area contributed by atoms with Gasteiger partial charge in [0, 0.05) is 82.3 Å². The first-order valence-electron chi connectivity index (χ1n) is 16.8. The van der Waals surface area contributed by atoms with Crippen molar-refractivity contribution < 1.29 is 19.1 Å². The molecular weight excluding hydrogens is 608 g/mol. The van der Waals surface area contributed by atoms with Crippen LogP contribution >= 0.6 is 0 Å². The van der Waals surface area contributed by atoms with Crippen LogP contribution in [0.4, 0.5) is 5.82 Å². The Morgan fingerprint density at radius 2 is 1.90 bits per heavy atom. The van der Waals surface area contributed by atoms with E-state index >= 15 is 0 Å². The molecule has 3 atom stereocenters. The zero-order valence-corrected chi connectivity index (χ0v) is 27.3. The summed E-state index contributed by atoms with van der Waals surface area (Å²) in [6, 6.07) is 16.4. The number of carbonyl (C=O) groups excluding carboxylic acids is 2. The SMILES string of the molecule is CO[C@H]1CC[C@@H]1NC(=O)c1cnn2c(N(C)Cc3ccccc3)cc(-c3cn([C@@H]4CC(=O)N(C5CCOCC5)C4)c4ncccc34)nc12. The van der Waals surface area contributed by atoms with Crippen LogP contribution in [0.15, 0.2) is 67.1 Å². The number of nitrogens with one attached hydrogen (secondary N) is 1. The van der Waals surface area contributed by atoms with Crippen molar-refractivity contribution in [1.29, 1.82) is 0 Å². The summed E-state index contributed by atoms with van der Waals surface area (Å²) in [6.07, 6.45) is 9.43. The number of rotatable bonds is 9. The van der Waals surface area contributed by atoms with Crippen molar-refractivity contribution >= 4 is 34.3 Å². The van der Waals surface area contributed by atoms with Crippen LogP contribution in [0.2, 0.25) is 0 Å². The second-order valence-corrected chi connectivity index (χ2v) is 13.1. The lowest BCUT2D eigenvalue weighted by atomic mass is 9.89. The van der Waals surface area contributed by atoms with Crippen molar-refractivity contribution in [3.63, 3.8) is 0 Å². The van der Waals surface area contributed by atoms with Crippen LogP contribution in [0.25, 0.3) is 27.9 Å². The summed E-state index contributed by atoms with van der Waals surface area (Å²) in [7, 11) is 3.70. The highest BCUT2D eigenvalue weighted by Gasteiger charge is 2.37. The van der Waals surface area contributed by atoms with E-state index in [-0.39, 0.29) is 36.0 Å². The summed E-state index contributed by atoms with van der Waals surface area (Å²) in [5.41, 5.74) is 4.42. The summed E-state index contributed by atoms with van der Waals surface area (Å²) in [4.78, 5) is 41.0. The highest BCUT2D eigenvalue weighted by molar-refractivity contribution is 6.01. The second-order valence-electron chi connectivity index (χ2n) is 13.1. The van der Waals surface area contributed by atoms with Gasteiger partial charge < -0.3 is 29.2 Å². The van der Waals surface area contributed by atoms with E-state index in [9.17, 15) is 9.59 Å². The van der Waals surface area contributed by atoms with Crippen LogP contribution in [0.5, 0.6) is 0 Å². The van der Waals surface area contributed by atoms with Crippen LogP contribution in [0, 0.1) is 0 Å². The van der Waals surface area contributed by atoms with Crippen LogP contribution < -0.4 is 10.2 Å². The first-order chi connectivity index (χ1) is 23.5. The molecule has 3 fully saturated rings. The lowest BCUT2D eigenvalue weighted by Gasteiger charge is -2.35. The van der Waals surface area contributed by atoms with Crippen molar-refractivity contribution in [2.24, 2.45) is 0 Å². The molecule has 8 rings (SSSR count). The highest BCUT2D eigenvalue weighted by atomic mass is 16.5. The maximum Gasteiger partial charge on any atom is 0.257 e. The summed E-state index contributed by atoms with van der Waals surface area (Å²) >= 11 is 0. The minimum absolute atomic E-state index is 0.00958. The number of ether oxygens (including phenoxy) is 2. The van der Waals surface area contributed by atoms with Crippen molar-refractivity contribution in [3.8, 4) is 11.3 Å². The van der Waals surface area contributed by atoms with Gasteiger partial charge in [-0.25, -0.2) is 9.97 Å². The Morgan fingerprint density at radius 3 is 2.67 bits per heavy atom. The van der Waals surface area contributed by atoms with Crippen molar-refractivity contribution in [1.82, 2.24) is 34.4 Å². The molecule has 0 unspecified atom stereocenters. The summed E-state index contributed by atoms with van der Waals surface area (Å²) in [6.45, 7) is 2.65. The van der Waals surface area contributed by atoms with Crippen LogP contribution in [-0.4, -0.2) is 93.0 Å². The number of methoxy groups -OCH3 is 1. The molecule has 5 aromatic rings. The average Bonchev–Trinajstić information content (AvgIpc) is 3.82. The Kier molecular flexibility index (Phi) is 8.05. The Morgan fingerprint density at radius 1 is 1.06 bits per heavy atom. The number of hydrogen-bond acceptors (Lipinski definition) is 8. The molecule has 2 amide bonds. The fraction of sp³-hybridized carbons (Fsp3) is 0.417. The number of hydrogen-bond donors (Lipinski definition) is 1. The van der Waals surface area contributed by atoms with E-state index in [1.807, 2.05) is 48.3 Å². The normalized spacial score (nSPS) is 21.6. The molecule has 48 heavy (non-hydrogen) atoms. The topological polar surface area (TPSA) is 119 Å². The molecule has 0 radical (unpaired) electrons. The van der Waals surface area contributed by atoms with E-state index < -0.39 is 0 Å². The summed E-state index contributed by atoms with van der Waals surface area (Å²) in [5, 5.41) is 8.74. The third-order valence-corrected chi connectivity index (χ3v) is 10.2. The van der Waals surface area contributed by atoms with Crippen molar-refractivity contribution in [2.75, 3.05) is 38.8 Å². The number of carbonyl (C=O) groups is 2. The molecule has 1 aromatic carbocycles. The van der Waals surface area contributed by atoms with Gasteiger partial charge in [-0.2, -0.15) is 9.61 Å². The number of aromatic nitrogens is 5. The summed E-state index contributed by atoms with van der Waals surface area (Å²) < 4.78 is 15.0. The Balaban J connectivity index is 1.21. The van der Waals surface area contributed by atoms with E-state index in [4.69, 9.17) is 19.4 Å². The molecule has 1 aliphatic carbocycles. The van der Waals surface area contributed by atoms with Gasteiger partial charge in [0.25, 0.3) is 5.91 Å². The molecule has 0 spiro atoms. The van der Waals surface area contributed by atoms with Gasteiger partial charge in [0.05, 0.1) is 30.1 Å². The number of amides is 2. The number of likely N-dealkylation sites (tertiary alicyclic amines) is 1. The van der Waals surface area contributed by atoms with Crippen molar-refractivity contribution in [3.05, 3.63) is 78.2 Å². The van der Waals surface area contributed by atoms with Gasteiger partial charge in [-0.15, -0.1) is 0 Å². The molecule has 4 aromatic heterocycles. The van der Waals surface area contributed by atoms with E-state index in [1.54, 1.807) is 24.0 Å². The lowest BCUT2D eigenvalue weighted by molar-refractivity contribution is -0.131. The van der Waals surface area contributed by atoms with Gasteiger partial charge in [0.1, 0.15) is 17.0 Å². The minimum atomic E-state index is -0.222. The van der Waals surface area contributed by atoms with Gasteiger partial charge in [-0.3, -0.25) is 9.59 Å². The van der Waals surface area contributed by atoms with Gasteiger partial charge >= 0.3 is 0 Å². The molecule has 0 bridgehead atoms. The van der Waals surface area contributed by atoms with Crippen LogP contribution in [0.3, 0.4) is 0 Å². The monoisotopic (exact) mass is 648 g/mol. The molecule has 12 heteroatoms. The van der Waals surface area contributed by atoms with E-state index in [0.717, 1.165) is 53.7 Å². The number of fused-ring (bicyclic) bond motifs is 2. The molecule has 248 valence electrons. The van der Waals surface area contributed by atoms with Gasteiger partial charge in [-0.05, 0) is 43.4 Å². The molecular formula is C36H40N8O4. The number of nitrogens with zero attached hydrogens (tertiary/aromatic N) is 7. The van der Waals surface area contributed by atoms with Crippen LogP contribution in [-0.2, 0) is 20.8 Å². The third kappa shape index (κ3) is 5.48. The van der Waals surface area contributed by atoms with E-state index in [1.165, 1.54) is 0 Å². The Hall–Kier alpha value is -4.81. The standard InChI is InChI=1S/C36H40N8O4/c1-41(20-23-7-4-3-5-8-23)32-18-30(39-35-27(19-38-44(32)35)36(46)40-29-10-11-31(29)47-2)28-22-43(34-26(28)9-6-14-37-34)25-17-33(45)42(21-25)24-12-15-48-16-13-24/h3-9,14,18-19,22,24-25,29,31H,10-13,15-17,20-21H2,1-2H3,(H,40,46)/t25-,29+,31+/m1/s1. The highest BCUT2D eigenvalue weighted by Crippen LogP contribution is 2.37. The predicted octanol–water partition coefficient (Wildman–Crippen LogP) is 4.24.